The summed E-state index contributed by atoms with van der Waals surface area (Å²) in [7, 11) is 0. The molecule has 0 heterocycles. The van der Waals surface area contributed by atoms with Gasteiger partial charge in [-0.2, -0.15) is 0 Å². The second kappa shape index (κ2) is 32.3. The van der Waals surface area contributed by atoms with E-state index in [1.165, 1.54) is 25.7 Å². The predicted octanol–water partition coefficient (Wildman–Crippen LogP) is 16.8. The number of ether oxygens (including phenoxy) is 6. The van der Waals surface area contributed by atoms with Crippen molar-refractivity contribution in [3.8, 4) is 56.4 Å². The molecule has 0 spiro atoms. The summed E-state index contributed by atoms with van der Waals surface area (Å²) < 4.78 is 34.4. The lowest BCUT2D eigenvalue weighted by Crippen LogP contribution is -2.15. The minimum absolute atomic E-state index is 0.105. The van der Waals surface area contributed by atoms with E-state index in [4.69, 9.17) is 28.4 Å². The zero-order valence-electron chi connectivity index (χ0n) is 45.2. The molecule has 0 aliphatic carbocycles. The molecular formula is C66H78O10. The van der Waals surface area contributed by atoms with Crippen molar-refractivity contribution >= 4 is 23.9 Å². The molecule has 0 radical (unpaired) electrons. The van der Waals surface area contributed by atoms with E-state index < -0.39 is 0 Å². The number of unbranched alkanes of at least 4 members (excludes halogenated alkanes) is 10. The summed E-state index contributed by atoms with van der Waals surface area (Å²) in [6.45, 7) is 9.38. The molecule has 10 heteroatoms. The molecule has 6 aromatic carbocycles. The largest absolute Gasteiger partial charge is 0.494 e. The Morgan fingerprint density at radius 3 is 0.947 bits per heavy atom. The second-order valence-corrected chi connectivity index (χ2v) is 19.6. The van der Waals surface area contributed by atoms with Gasteiger partial charge in [0.1, 0.15) is 23.0 Å². The predicted molar refractivity (Wildman–Crippen MR) is 302 cm³/mol. The molecule has 0 N–H and O–H groups in total. The Hall–Kier alpha value is -7.20. The van der Waals surface area contributed by atoms with Gasteiger partial charge in [-0.3, -0.25) is 9.59 Å². The Balaban J connectivity index is 0.782. The standard InChI is InChI=1S/C66H78O10/c1-5-7-9-13-19-49(3)73-65(69)57-27-23-51(24-28-57)55-35-43-61(44-36-55)75-63(67)21-15-11-17-47-71-59-39-31-53(32-40-59)54-33-41-60(42-34-54)72-48-18-12-16-22-64(68)76-62-45-37-56(38-46-62)52-25-29-58(30-26-52)66(70)74-50(4)20-14-10-8-6-2/h23-46,49-50H,5-22,47-48H2,1-4H3/t49-,50-/m0/s1. The van der Waals surface area contributed by atoms with Gasteiger partial charge in [0.25, 0.3) is 0 Å². The highest BCUT2D eigenvalue weighted by Gasteiger charge is 2.15. The Bertz CT molecular complexity index is 2450. The zero-order chi connectivity index (χ0) is 53.7. The first-order chi connectivity index (χ1) is 37.1. The summed E-state index contributed by atoms with van der Waals surface area (Å²) in [6.07, 6.45) is 16.2. The van der Waals surface area contributed by atoms with Crippen LogP contribution in [0.5, 0.6) is 23.0 Å². The second-order valence-electron chi connectivity index (χ2n) is 19.6. The van der Waals surface area contributed by atoms with Crippen molar-refractivity contribution < 1.29 is 47.6 Å². The maximum absolute atomic E-state index is 12.6. The van der Waals surface area contributed by atoms with E-state index in [2.05, 4.69) is 13.8 Å². The van der Waals surface area contributed by atoms with Crippen LogP contribution in [0.15, 0.2) is 146 Å². The number of benzene rings is 6. The number of hydrogen-bond donors (Lipinski definition) is 0. The molecule has 0 bridgehead atoms. The molecule has 6 aromatic rings. The maximum atomic E-state index is 12.6. The molecule has 0 aliphatic heterocycles. The summed E-state index contributed by atoms with van der Waals surface area (Å²) >= 11 is 0. The molecule has 0 aliphatic rings. The smallest absolute Gasteiger partial charge is 0.338 e. The first-order valence-electron chi connectivity index (χ1n) is 27.8. The molecule has 10 nitrogen and oxygen atoms in total. The van der Waals surface area contributed by atoms with Gasteiger partial charge in [-0.25, -0.2) is 9.59 Å². The van der Waals surface area contributed by atoms with Crippen LogP contribution in [0.2, 0.25) is 0 Å². The molecule has 2 atom stereocenters. The van der Waals surface area contributed by atoms with E-state index >= 15 is 0 Å². The highest BCUT2D eigenvalue weighted by molar-refractivity contribution is 5.91. The fourth-order valence-corrected chi connectivity index (χ4v) is 8.69. The van der Waals surface area contributed by atoms with Gasteiger partial charge in [-0.15, -0.1) is 0 Å². The van der Waals surface area contributed by atoms with Gasteiger partial charge in [0.2, 0.25) is 0 Å². The lowest BCUT2D eigenvalue weighted by molar-refractivity contribution is -0.135. The van der Waals surface area contributed by atoms with E-state index in [0.717, 1.165) is 109 Å². The molecule has 0 saturated heterocycles. The van der Waals surface area contributed by atoms with Gasteiger partial charge in [0, 0.05) is 12.8 Å². The number of hydrogen-bond acceptors (Lipinski definition) is 10. The van der Waals surface area contributed by atoms with E-state index in [-0.39, 0.29) is 36.1 Å². The molecular weight excluding hydrogens is 953 g/mol. The first-order valence-corrected chi connectivity index (χ1v) is 27.8. The molecule has 0 saturated carbocycles. The van der Waals surface area contributed by atoms with Crippen molar-refractivity contribution in [1.29, 1.82) is 0 Å². The van der Waals surface area contributed by atoms with E-state index in [0.29, 0.717) is 61.5 Å². The van der Waals surface area contributed by atoms with Crippen LogP contribution in [0, 0.1) is 0 Å². The number of carbonyl (C=O) groups is 4. The van der Waals surface area contributed by atoms with Crippen molar-refractivity contribution in [3.05, 3.63) is 157 Å². The van der Waals surface area contributed by atoms with Gasteiger partial charge in [-0.05, 0) is 184 Å². The quantitative estimate of drug-likeness (QED) is 0.0224. The highest BCUT2D eigenvalue weighted by atomic mass is 16.6. The highest BCUT2D eigenvalue weighted by Crippen LogP contribution is 2.28. The van der Waals surface area contributed by atoms with Gasteiger partial charge in [0.15, 0.2) is 0 Å². The minimum Gasteiger partial charge on any atom is -0.494 e. The third-order valence-corrected chi connectivity index (χ3v) is 13.3. The molecule has 402 valence electrons. The molecule has 0 aromatic heterocycles. The minimum atomic E-state index is -0.302. The van der Waals surface area contributed by atoms with Gasteiger partial charge >= 0.3 is 23.9 Å². The monoisotopic (exact) mass is 1030 g/mol. The van der Waals surface area contributed by atoms with Gasteiger partial charge in [-0.1, -0.05) is 125 Å². The van der Waals surface area contributed by atoms with Crippen LogP contribution in [-0.4, -0.2) is 49.3 Å². The normalized spacial score (nSPS) is 11.8. The summed E-state index contributed by atoms with van der Waals surface area (Å²) in [5.74, 6) is 1.46. The van der Waals surface area contributed by atoms with Crippen LogP contribution < -0.4 is 18.9 Å². The van der Waals surface area contributed by atoms with Crippen molar-refractivity contribution in [3.63, 3.8) is 0 Å². The van der Waals surface area contributed by atoms with Crippen molar-refractivity contribution in [2.45, 2.75) is 155 Å². The maximum Gasteiger partial charge on any atom is 0.338 e. The van der Waals surface area contributed by atoms with Crippen LogP contribution in [0.4, 0.5) is 0 Å². The first kappa shape index (κ1) is 58.1. The SMILES string of the molecule is CCCCCC[C@H](C)OC(=O)c1ccc(-c2ccc(OC(=O)CCCCCOc3ccc(-c4ccc(OCCCCCC(=O)Oc5ccc(-c6ccc(C(=O)O[C@@H](C)CCCCCC)cc6)cc5)cc4)cc3)cc2)cc1. The average Bonchev–Trinajstić information content (AvgIpc) is 3.44. The van der Waals surface area contributed by atoms with Gasteiger partial charge in [0.05, 0.1) is 36.5 Å². The van der Waals surface area contributed by atoms with E-state index in [1.807, 2.05) is 111 Å². The van der Waals surface area contributed by atoms with Crippen LogP contribution in [0.25, 0.3) is 33.4 Å². The number of esters is 4. The Labute approximate surface area is 451 Å². The summed E-state index contributed by atoms with van der Waals surface area (Å²) in [4.78, 5) is 50.3. The Morgan fingerprint density at radius 2 is 0.632 bits per heavy atom. The Kier molecular flexibility index (Phi) is 24.7. The lowest BCUT2D eigenvalue weighted by atomic mass is 10.0. The van der Waals surface area contributed by atoms with Crippen molar-refractivity contribution in [2.24, 2.45) is 0 Å². The molecule has 0 fully saturated rings. The van der Waals surface area contributed by atoms with E-state index in [9.17, 15) is 19.2 Å². The fourth-order valence-electron chi connectivity index (χ4n) is 8.69. The third kappa shape index (κ3) is 20.5. The van der Waals surface area contributed by atoms with Crippen molar-refractivity contribution in [2.75, 3.05) is 13.2 Å². The van der Waals surface area contributed by atoms with E-state index in [1.54, 1.807) is 48.5 Å². The molecule has 6 rings (SSSR count). The number of rotatable bonds is 33. The van der Waals surface area contributed by atoms with Crippen molar-refractivity contribution in [1.82, 2.24) is 0 Å². The third-order valence-electron chi connectivity index (χ3n) is 13.3. The Morgan fingerprint density at radius 1 is 0.342 bits per heavy atom. The van der Waals surface area contributed by atoms with Crippen LogP contribution >= 0.6 is 0 Å². The summed E-state index contributed by atoms with van der Waals surface area (Å²) in [5, 5.41) is 0. The summed E-state index contributed by atoms with van der Waals surface area (Å²) in [5.41, 5.74) is 7.04. The van der Waals surface area contributed by atoms with Gasteiger partial charge < -0.3 is 28.4 Å². The average molecular weight is 1030 g/mol. The van der Waals surface area contributed by atoms with Crippen LogP contribution in [-0.2, 0) is 19.1 Å². The molecule has 0 amide bonds. The fraction of sp³-hybridized carbons (Fsp3) is 0.394. The van der Waals surface area contributed by atoms with Crippen LogP contribution in [0.1, 0.15) is 164 Å². The lowest BCUT2D eigenvalue weighted by Gasteiger charge is -2.13. The topological polar surface area (TPSA) is 124 Å². The van der Waals surface area contributed by atoms with Crippen LogP contribution in [0.3, 0.4) is 0 Å². The number of carbonyl (C=O) groups excluding carboxylic acids is 4. The summed E-state index contributed by atoms with van der Waals surface area (Å²) in [6, 6.07) is 45.6. The zero-order valence-corrected chi connectivity index (χ0v) is 45.2. The molecule has 76 heavy (non-hydrogen) atoms. The molecule has 0 unspecified atom stereocenters.